The fourth-order valence-corrected chi connectivity index (χ4v) is 3.28. The number of hydrogen-bond donors (Lipinski definition) is 1. The van der Waals surface area contributed by atoms with Crippen LogP contribution >= 0.6 is 39.1 Å². The maximum absolute atomic E-state index is 13.0. The van der Waals surface area contributed by atoms with Crippen LogP contribution in [0, 0.1) is 5.82 Å². The Labute approximate surface area is 181 Å². The monoisotopic (exact) mass is 483 g/mol. The summed E-state index contributed by atoms with van der Waals surface area (Å²) in [4.78, 5) is 0. The predicted octanol–water partition coefficient (Wildman–Crippen LogP) is 7.09. The van der Waals surface area contributed by atoms with Crippen LogP contribution in [0.25, 0.3) is 0 Å². The van der Waals surface area contributed by atoms with E-state index in [1.807, 2.05) is 30.3 Å². The lowest BCUT2D eigenvalue weighted by atomic mass is 10.2. The molecule has 28 heavy (non-hydrogen) atoms. The van der Waals surface area contributed by atoms with Crippen molar-refractivity contribution in [1.82, 2.24) is 0 Å². The molecule has 0 fully saturated rings. The number of nitrogens with one attached hydrogen (secondary N) is 1. The summed E-state index contributed by atoms with van der Waals surface area (Å²) in [5.41, 5.74) is 2.65. The van der Waals surface area contributed by atoms with Crippen molar-refractivity contribution < 1.29 is 13.9 Å². The van der Waals surface area contributed by atoms with Crippen LogP contribution in [-0.2, 0) is 13.2 Å². The molecule has 0 aliphatic carbocycles. The molecule has 3 aromatic carbocycles. The van der Waals surface area contributed by atoms with Gasteiger partial charge in [-0.25, -0.2) is 4.39 Å². The molecule has 0 saturated heterocycles. The number of methoxy groups -OCH3 is 1. The van der Waals surface area contributed by atoms with Gasteiger partial charge in [0.25, 0.3) is 0 Å². The van der Waals surface area contributed by atoms with E-state index in [0.29, 0.717) is 28.1 Å². The van der Waals surface area contributed by atoms with Crippen molar-refractivity contribution in [1.29, 1.82) is 0 Å². The Morgan fingerprint density at radius 2 is 1.71 bits per heavy atom. The van der Waals surface area contributed by atoms with Crippen molar-refractivity contribution in [2.75, 3.05) is 12.4 Å². The molecule has 0 bridgehead atoms. The molecular weight excluding hydrogens is 468 g/mol. The van der Waals surface area contributed by atoms with Gasteiger partial charge in [-0.1, -0.05) is 35.3 Å². The largest absolute Gasteiger partial charge is 0.493 e. The van der Waals surface area contributed by atoms with Crippen LogP contribution in [-0.4, -0.2) is 7.11 Å². The zero-order valence-electron chi connectivity index (χ0n) is 14.9. The summed E-state index contributed by atoms with van der Waals surface area (Å²) < 4.78 is 25.1. The maximum atomic E-state index is 13.0. The third-order valence-electron chi connectivity index (χ3n) is 4.00. The number of ether oxygens (including phenoxy) is 2. The number of anilines is 1. The molecule has 0 amide bonds. The van der Waals surface area contributed by atoms with Gasteiger partial charge < -0.3 is 14.8 Å². The lowest BCUT2D eigenvalue weighted by Gasteiger charge is -2.15. The third kappa shape index (κ3) is 5.31. The van der Waals surface area contributed by atoms with Gasteiger partial charge in [0, 0.05) is 16.7 Å². The summed E-state index contributed by atoms with van der Waals surface area (Å²) in [6, 6.07) is 15.4. The summed E-state index contributed by atoms with van der Waals surface area (Å²) in [5, 5.41) is 4.36. The lowest BCUT2D eigenvalue weighted by Crippen LogP contribution is -2.03. The SMILES string of the molecule is COc1cc(CNc2ccc(Br)c(Cl)c2)cc(Cl)c1OCc1ccc(F)cc1. The molecular formula is C21H17BrCl2FNO2. The number of rotatable bonds is 7. The van der Waals surface area contributed by atoms with Gasteiger partial charge in [0.05, 0.1) is 17.2 Å². The Morgan fingerprint density at radius 3 is 2.39 bits per heavy atom. The second kappa shape index (κ2) is 9.50. The highest BCUT2D eigenvalue weighted by atomic mass is 79.9. The van der Waals surface area contributed by atoms with Gasteiger partial charge in [-0.3, -0.25) is 0 Å². The maximum Gasteiger partial charge on any atom is 0.180 e. The fraction of sp³-hybridized carbons (Fsp3) is 0.143. The zero-order valence-corrected chi connectivity index (χ0v) is 18.0. The minimum absolute atomic E-state index is 0.255. The third-order valence-corrected chi connectivity index (χ3v) is 5.52. The van der Waals surface area contributed by atoms with Gasteiger partial charge in [0.1, 0.15) is 12.4 Å². The van der Waals surface area contributed by atoms with Crippen LogP contribution in [0.1, 0.15) is 11.1 Å². The molecule has 0 aromatic heterocycles. The Bertz CT molecular complexity index is 967. The van der Waals surface area contributed by atoms with E-state index in [2.05, 4.69) is 21.2 Å². The van der Waals surface area contributed by atoms with Crippen LogP contribution in [0.4, 0.5) is 10.1 Å². The van der Waals surface area contributed by atoms with Crippen LogP contribution in [0.2, 0.25) is 10.0 Å². The van der Waals surface area contributed by atoms with E-state index in [1.54, 1.807) is 19.2 Å². The first kappa shape index (κ1) is 20.8. The van der Waals surface area contributed by atoms with E-state index in [9.17, 15) is 4.39 Å². The van der Waals surface area contributed by atoms with E-state index >= 15 is 0 Å². The lowest BCUT2D eigenvalue weighted by molar-refractivity contribution is 0.284. The van der Waals surface area contributed by atoms with E-state index in [4.69, 9.17) is 32.7 Å². The molecule has 3 rings (SSSR count). The number of halogens is 4. The topological polar surface area (TPSA) is 30.5 Å². The highest BCUT2D eigenvalue weighted by Gasteiger charge is 2.13. The Kier molecular flexibility index (Phi) is 7.05. The second-order valence-corrected chi connectivity index (χ2v) is 7.68. The normalized spacial score (nSPS) is 10.6. The molecule has 0 saturated carbocycles. The van der Waals surface area contributed by atoms with Gasteiger partial charge in [0.2, 0.25) is 0 Å². The first-order valence-corrected chi connectivity index (χ1v) is 9.93. The minimum atomic E-state index is -0.289. The predicted molar refractivity (Wildman–Crippen MR) is 115 cm³/mol. The van der Waals surface area contributed by atoms with Crippen molar-refractivity contribution in [3.8, 4) is 11.5 Å². The fourth-order valence-electron chi connectivity index (χ4n) is 2.56. The molecule has 1 N–H and O–H groups in total. The Hall–Kier alpha value is -1.95. The van der Waals surface area contributed by atoms with E-state index < -0.39 is 0 Å². The van der Waals surface area contributed by atoms with E-state index in [-0.39, 0.29) is 12.4 Å². The highest BCUT2D eigenvalue weighted by Crippen LogP contribution is 2.37. The summed E-state index contributed by atoms with van der Waals surface area (Å²) in [5.74, 6) is 0.687. The quantitative estimate of drug-likeness (QED) is 0.388. The van der Waals surface area contributed by atoms with Gasteiger partial charge in [-0.05, 0) is 69.5 Å². The molecule has 0 heterocycles. The van der Waals surface area contributed by atoms with Crippen LogP contribution in [0.5, 0.6) is 11.5 Å². The van der Waals surface area contributed by atoms with Crippen LogP contribution < -0.4 is 14.8 Å². The summed E-state index contributed by atoms with van der Waals surface area (Å²) in [6.07, 6.45) is 0. The van der Waals surface area contributed by atoms with Gasteiger partial charge in [0.15, 0.2) is 11.5 Å². The van der Waals surface area contributed by atoms with Crippen molar-refractivity contribution in [2.45, 2.75) is 13.2 Å². The van der Waals surface area contributed by atoms with E-state index in [0.717, 1.165) is 21.3 Å². The summed E-state index contributed by atoms with van der Waals surface area (Å²) in [7, 11) is 1.56. The minimum Gasteiger partial charge on any atom is -0.493 e. The van der Waals surface area contributed by atoms with Crippen molar-refractivity contribution in [3.05, 3.63) is 86.1 Å². The number of benzene rings is 3. The van der Waals surface area contributed by atoms with Crippen LogP contribution in [0.15, 0.2) is 59.1 Å². The molecule has 0 aliphatic heterocycles. The average Bonchev–Trinajstić information content (AvgIpc) is 2.69. The number of hydrogen-bond acceptors (Lipinski definition) is 3. The van der Waals surface area contributed by atoms with Gasteiger partial charge in [-0.2, -0.15) is 0 Å². The van der Waals surface area contributed by atoms with Crippen molar-refractivity contribution in [2.24, 2.45) is 0 Å². The van der Waals surface area contributed by atoms with Crippen molar-refractivity contribution >= 4 is 44.8 Å². The molecule has 0 aliphatic rings. The average molecular weight is 485 g/mol. The first-order valence-electron chi connectivity index (χ1n) is 8.39. The Morgan fingerprint density at radius 1 is 0.964 bits per heavy atom. The highest BCUT2D eigenvalue weighted by molar-refractivity contribution is 9.10. The first-order chi connectivity index (χ1) is 13.5. The smallest absolute Gasteiger partial charge is 0.180 e. The van der Waals surface area contributed by atoms with Gasteiger partial charge >= 0.3 is 0 Å². The molecule has 3 aromatic rings. The molecule has 146 valence electrons. The zero-order chi connectivity index (χ0) is 20.1. The summed E-state index contributed by atoms with van der Waals surface area (Å²) >= 11 is 15.9. The molecule has 0 radical (unpaired) electrons. The Balaban J connectivity index is 1.71. The molecule has 0 spiro atoms. The molecule has 3 nitrogen and oxygen atoms in total. The second-order valence-electron chi connectivity index (χ2n) is 6.01. The van der Waals surface area contributed by atoms with Crippen LogP contribution in [0.3, 0.4) is 0 Å². The molecule has 0 unspecified atom stereocenters. The molecule has 7 heteroatoms. The summed E-state index contributed by atoms with van der Waals surface area (Å²) in [6.45, 7) is 0.789. The molecule has 0 atom stereocenters. The van der Waals surface area contributed by atoms with Gasteiger partial charge in [-0.15, -0.1) is 0 Å². The van der Waals surface area contributed by atoms with E-state index in [1.165, 1.54) is 12.1 Å². The van der Waals surface area contributed by atoms with Crippen molar-refractivity contribution in [3.63, 3.8) is 0 Å². The standard InChI is InChI=1S/C21H17BrCl2FNO2/c1-27-20-9-14(11-26-16-6-7-17(22)18(23)10-16)8-19(24)21(20)28-12-13-2-4-15(25)5-3-13/h2-10,26H,11-12H2,1H3.